The molecule has 142 valence electrons. The second kappa shape index (κ2) is 7.02. The minimum atomic E-state index is -0.0812. The van der Waals surface area contributed by atoms with Crippen molar-refractivity contribution >= 4 is 5.91 Å². The highest BCUT2D eigenvalue weighted by Gasteiger charge is 2.30. The number of benzene rings is 1. The van der Waals surface area contributed by atoms with Crippen molar-refractivity contribution in [1.82, 2.24) is 14.9 Å². The number of para-hydroxylation sites is 1. The van der Waals surface area contributed by atoms with Gasteiger partial charge < -0.3 is 14.6 Å². The summed E-state index contributed by atoms with van der Waals surface area (Å²) in [4.78, 5) is 17.4. The van der Waals surface area contributed by atoms with E-state index in [4.69, 9.17) is 4.74 Å². The molecule has 2 aromatic rings. The van der Waals surface area contributed by atoms with Crippen LogP contribution >= 0.6 is 0 Å². The summed E-state index contributed by atoms with van der Waals surface area (Å²) in [6, 6.07) is 8.03. The van der Waals surface area contributed by atoms with Crippen molar-refractivity contribution < 1.29 is 9.53 Å². The number of aryl methyl sites for hydroxylation is 1. The Kier molecular flexibility index (Phi) is 4.38. The van der Waals surface area contributed by atoms with Crippen LogP contribution in [0, 0.1) is 11.8 Å². The smallest absolute Gasteiger partial charge is 0.271 e. The molecule has 0 saturated heterocycles. The molecule has 3 aliphatic rings. The number of nitrogens with zero attached hydrogens (tertiary/aromatic N) is 2. The molecule has 0 spiro atoms. The molecular formula is C22H27N3O2. The molecule has 1 aromatic heterocycles. The van der Waals surface area contributed by atoms with Gasteiger partial charge in [-0.25, -0.2) is 4.98 Å². The van der Waals surface area contributed by atoms with Crippen LogP contribution in [0.25, 0.3) is 0 Å². The van der Waals surface area contributed by atoms with Crippen molar-refractivity contribution in [1.29, 1.82) is 0 Å². The second-order valence-electron chi connectivity index (χ2n) is 8.33. The fourth-order valence-electron chi connectivity index (χ4n) is 5.07. The van der Waals surface area contributed by atoms with Gasteiger partial charge in [0, 0.05) is 19.2 Å². The predicted octanol–water partition coefficient (Wildman–Crippen LogP) is 3.37. The van der Waals surface area contributed by atoms with Crippen LogP contribution in [-0.2, 0) is 19.4 Å². The van der Waals surface area contributed by atoms with E-state index in [-0.39, 0.29) is 11.9 Å². The van der Waals surface area contributed by atoms with Gasteiger partial charge in [0.05, 0.1) is 6.04 Å². The largest absolute Gasteiger partial charge is 0.491 e. The van der Waals surface area contributed by atoms with Crippen LogP contribution in [0.3, 0.4) is 0 Å². The van der Waals surface area contributed by atoms with E-state index in [0.29, 0.717) is 12.3 Å². The van der Waals surface area contributed by atoms with E-state index in [1.54, 1.807) is 0 Å². The highest BCUT2D eigenvalue weighted by molar-refractivity contribution is 5.92. The lowest BCUT2D eigenvalue weighted by molar-refractivity contribution is 0.0910. The molecule has 5 rings (SSSR count). The summed E-state index contributed by atoms with van der Waals surface area (Å²) in [5.74, 6) is 3.55. The van der Waals surface area contributed by atoms with Crippen molar-refractivity contribution in [3.8, 4) is 5.75 Å². The number of carbonyl (C=O) groups excluding carboxylic acids is 1. The molecule has 5 heteroatoms. The molecule has 0 bridgehead atoms. The molecule has 5 nitrogen and oxygen atoms in total. The van der Waals surface area contributed by atoms with Crippen LogP contribution in [0.1, 0.15) is 54.0 Å². The van der Waals surface area contributed by atoms with E-state index in [0.717, 1.165) is 48.4 Å². The van der Waals surface area contributed by atoms with Crippen molar-refractivity contribution in [2.75, 3.05) is 6.61 Å². The monoisotopic (exact) mass is 365 g/mol. The van der Waals surface area contributed by atoms with E-state index in [1.165, 1.54) is 32.1 Å². The van der Waals surface area contributed by atoms with Gasteiger partial charge in [-0.05, 0) is 36.3 Å². The first kappa shape index (κ1) is 16.8. The average molecular weight is 365 g/mol. The second-order valence-corrected chi connectivity index (χ2v) is 8.33. The molecule has 27 heavy (non-hydrogen) atoms. The van der Waals surface area contributed by atoms with E-state index < -0.39 is 0 Å². The molecule has 1 amide bonds. The van der Waals surface area contributed by atoms with Crippen LogP contribution < -0.4 is 10.1 Å². The fraction of sp³-hybridized carbons (Fsp3) is 0.545. The van der Waals surface area contributed by atoms with Gasteiger partial charge in [-0.3, -0.25) is 4.79 Å². The fourth-order valence-corrected chi connectivity index (χ4v) is 5.07. The molecule has 2 aliphatic heterocycles. The maximum atomic E-state index is 12.7. The van der Waals surface area contributed by atoms with E-state index in [1.807, 2.05) is 24.4 Å². The Morgan fingerprint density at radius 1 is 1.15 bits per heavy atom. The number of hydrogen-bond donors (Lipinski definition) is 1. The average Bonchev–Trinajstić information content (AvgIpc) is 3.37. The molecule has 0 radical (unpaired) electrons. The van der Waals surface area contributed by atoms with Crippen LogP contribution in [0.5, 0.6) is 5.75 Å². The number of ether oxygens (including phenoxy) is 1. The van der Waals surface area contributed by atoms with Crippen LogP contribution in [-0.4, -0.2) is 28.1 Å². The molecule has 1 unspecified atom stereocenters. The summed E-state index contributed by atoms with van der Waals surface area (Å²) in [6.45, 7) is 1.54. The number of fused-ring (bicyclic) bond motifs is 2. The summed E-state index contributed by atoms with van der Waals surface area (Å²) in [7, 11) is 0. The molecular weight excluding hydrogens is 338 g/mol. The normalized spacial score (nSPS) is 24.7. The Bertz CT molecular complexity index is 838. The van der Waals surface area contributed by atoms with Crippen molar-refractivity contribution in [3.05, 3.63) is 47.5 Å². The Balaban J connectivity index is 1.24. The maximum Gasteiger partial charge on any atom is 0.271 e. The van der Waals surface area contributed by atoms with Gasteiger partial charge in [0.1, 0.15) is 23.9 Å². The number of carbonyl (C=O) groups is 1. The van der Waals surface area contributed by atoms with Crippen LogP contribution in [0.15, 0.2) is 30.5 Å². The zero-order chi connectivity index (χ0) is 18.2. The molecule has 3 heterocycles. The van der Waals surface area contributed by atoms with Crippen LogP contribution in [0.4, 0.5) is 0 Å². The Morgan fingerprint density at radius 3 is 2.89 bits per heavy atom. The zero-order valence-electron chi connectivity index (χ0n) is 15.7. The summed E-state index contributed by atoms with van der Waals surface area (Å²) >= 11 is 0. The quantitative estimate of drug-likeness (QED) is 0.907. The van der Waals surface area contributed by atoms with Gasteiger partial charge >= 0.3 is 0 Å². The summed E-state index contributed by atoms with van der Waals surface area (Å²) in [6.07, 6.45) is 10.5. The Morgan fingerprint density at radius 2 is 2.00 bits per heavy atom. The molecule has 1 aromatic carbocycles. The molecule has 1 N–H and O–H groups in total. The van der Waals surface area contributed by atoms with Crippen molar-refractivity contribution in [2.45, 2.75) is 57.5 Å². The lowest BCUT2D eigenvalue weighted by Crippen LogP contribution is -2.42. The lowest BCUT2D eigenvalue weighted by Gasteiger charge is -2.28. The molecule has 2 atom stereocenters. The number of hydrogen-bond acceptors (Lipinski definition) is 3. The molecule has 1 saturated carbocycles. The first-order valence-electron chi connectivity index (χ1n) is 10.3. The van der Waals surface area contributed by atoms with Gasteiger partial charge in [0.2, 0.25) is 0 Å². The zero-order valence-corrected chi connectivity index (χ0v) is 15.7. The Hall–Kier alpha value is -2.30. The Labute approximate surface area is 160 Å². The summed E-state index contributed by atoms with van der Waals surface area (Å²) in [5.41, 5.74) is 1.70. The third-order valence-corrected chi connectivity index (χ3v) is 6.54. The molecule has 1 aliphatic carbocycles. The summed E-state index contributed by atoms with van der Waals surface area (Å²) < 4.78 is 8.02. The van der Waals surface area contributed by atoms with Crippen LogP contribution in [0.2, 0.25) is 0 Å². The molecule has 1 fully saturated rings. The maximum absolute atomic E-state index is 12.7. The minimum Gasteiger partial charge on any atom is -0.491 e. The SMILES string of the molecule is O=C(N[C@H]1COc2ccccc2C1)c1cn2c(n1)CCC(C1CCCC1)C2. The number of amides is 1. The lowest BCUT2D eigenvalue weighted by atomic mass is 9.85. The van der Waals surface area contributed by atoms with Gasteiger partial charge in [0.25, 0.3) is 5.91 Å². The number of aromatic nitrogens is 2. The minimum absolute atomic E-state index is 0.00244. The van der Waals surface area contributed by atoms with Crippen molar-refractivity contribution in [2.24, 2.45) is 11.8 Å². The predicted molar refractivity (Wildman–Crippen MR) is 103 cm³/mol. The van der Waals surface area contributed by atoms with Gasteiger partial charge in [0.15, 0.2) is 0 Å². The number of rotatable bonds is 3. The van der Waals surface area contributed by atoms with Gasteiger partial charge in [-0.15, -0.1) is 0 Å². The topological polar surface area (TPSA) is 56.1 Å². The third kappa shape index (κ3) is 3.35. The highest BCUT2D eigenvalue weighted by atomic mass is 16.5. The number of nitrogens with one attached hydrogen (secondary N) is 1. The summed E-state index contributed by atoms with van der Waals surface area (Å²) in [5, 5.41) is 3.11. The van der Waals surface area contributed by atoms with Crippen molar-refractivity contribution in [3.63, 3.8) is 0 Å². The first-order chi connectivity index (χ1) is 13.3. The van der Waals surface area contributed by atoms with E-state index >= 15 is 0 Å². The highest BCUT2D eigenvalue weighted by Crippen LogP contribution is 2.36. The van der Waals surface area contributed by atoms with E-state index in [9.17, 15) is 4.79 Å². The van der Waals surface area contributed by atoms with Gasteiger partial charge in [-0.2, -0.15) is 0 Å². The van der Waals surface area contributed by atoms with Gasteiger partial charge in [-0.1, -0.05) is 43.9 Å². The number of imidazole rings is 1. The standard InChI is InChI=1S/C22H27N3O2/c26-22(23-18-11-16-7-3-4-8-20(16)27-14-18)19-13-25-12-17(9-10-21(25)24-19)15-5-1-2-6-15/h3-4,7-8,13,15,17-18H,1-2,5-6,9-12,14H2,(H,23,26)/t17?,18-/m1/s1. The van der Waals surface area contributed by atoms with E-state index in [2.05, 4.69) is 20.9 Å². The first-order valence-corrected chi connectivity index (χ1v) is 10.3. The third-order valence-electron chi connectivity index (χ3n) is 6.54.